The summed E-state index contributed by atoms with van der Waals surface area (Å²) in [5, 5.41) is 14.3. The van der Waals surface area contributed by atoms with Crippen LogP contribution >= 0.6 is 0 Å². The number of aryl methyl sites for hydroxylation is 1. The Morgan fingerprint density at radius 1 is 1.11 bits per heavy atom. The van der Waals surface area contributed by atoms with Gasteiger partial charge in [0.1, 0.15) is 11.1 Å². The number of piperidine rings is 1. The van der Waals surface area contributed by atoms with Crippen LogP contribution in [0, 0.1) is 11.8 Å². The van der Waals surface area contributed by atoms with Gasteiger partial charge in [-0.15, -0.1) is 0 Å². The highest BCUT2D eigenvalue weighted by molar-refractivity contribution is 5.99. The van der Waals surface area contributed by atoms with Crippen molar-refractivity contribution in [3.8, 4) is 0 Å². The van der Waals surface area contributed by atoms with Gasteiger partial charge in [-0.05, 0) is 37.2 Å². The molecule has 35 heavy (non-hydrogen) atoms. The van der Waals surface area contributed by atoms with Gasteiger partial charge in [-0.3, -0.25) is 14.4 Å². The summed E-state index contributed by atoms with van der Waals surface area (Å²) < 4.78 is 1.79. The van der Waals surface area contributed by atoms with Crippen molar-refractivity contribution < 1.29 is 14.7 Å². The summed E-state index contributed by atoms with van der Waals surface area (Å²) in [4.78, 5) is 41.4. The zero-order valence-corrected chi connectivity index (χ0v) is 21.0. The first-order valence-electron chi connectivity index (χ1n) is 12.8. The minimum atomic E-state index is -0.995. The van der Waals surface area contributed by atoms with Crippen molar-refractivity contribution in [1.29, 1.82) is 0 Å². The molecule has 2 N–H and O–H groups in total. The van der Waals surface area contributed by atoms with E-state index >= 15 is 0 Å². The number of likely N-dealkylation sites (tertiary alicyclic amines) is 1. The van der Waals surface area contributed by atoms with Crippen LogP contribution in [-0.2, 0) is 12.1 Å². The number of fused-ring (bicyclic) bond motifs is 1. The van der Waals surface area contributed by atoms with E-state index < -0.39 is 16.9 Å². The molecule has 1 saturated carbocycles. The Hall–Kier alpha value is -2.93. The Balaban J connectivity index is 1.70. The molecule has 2 amide bonds. The van der Waals surface area contributed by atoms with Crippen LogP contribution in [0.4, 0.5) is 0 Å². The van der Waals surface area contributed by atoms with Gasteiger partial charge in [-0.1, -0.05) is 57.0 Å². The second-order valence-corrected chi connectivity index (χ2v) is 10.4. The zero-order valence-electron chi connectivity index (χ0n) is 21.0. The van der Waals surface area contributed by atoms with E-state index in [1.54, 1.807) is 21.9 Å². The molecule has 0 spiro atoms. The van der Waals surface area contributed by atoms with Crippen LogP contribution < -0.4 is 10.7 Å². The Kier molecular flexibility index (Phi) is 7.45. The van der Waals surface area contributed by atoms with Gasteiger partial charge < -0.3 is 19.9 Å². The lowest BCUT2D eigenvalue weighted by molar-refractivity contribution is -0.110. The predicted octanol–water partition coefficient (Wildman–Crippen LogP) is 3.55. The first-order chi connectivity index (χ1) is 16.8. The van der Waals surface area contributed by atoms with Crippen molar-refractivity contribution in [3.05, 3.63) is 69.6 Å². The number of rotatable bonds is 6. The standard InChI is InChI=1S/C28H37N3O4/c1-19(2)13-15-30-17-21(26(33)29-3)25(32)22(18-30)27(34)31-16-14-28(35,20-9-5-4-6-10-20)23-11-7-8-12-24(23)31/h4-6,9-10,17-19,23-24,35H,7-8,11-16H2,1-3H3,(H,29,33)/t23-,24-,28+/m0/s1. The van der Waals surface area contributed by atoms with Gasteiger partial charge in [0.05, 0.1) is 5.60 Å². The SMILES string of the molecule is CNC(=O)c1cn(CCC(C)C)cc(C(=O)N2CC[C@@](O)(c3ccccc3)[C@H]3CCCC[C@@H]32)c1=O. The van der Waals surface area contributed by atoms with Crippen LogP contribution in [0.2, 0.25) is 0 Å². The lowest BCUT2D eigenvalue weighted by atomic mass is 9.66. The highest BCUT2D eigenvalue weighted by atomic mass is 16.3. The molecule has 2 fully saturated rings. The highest BCUT2D eigenvalue weighted by Crippen LogP contribution is 2.47. The number of pyridine rings is 1. The molecule has 2 aromatic rings. The summed E-state index contributed by atoms with van der Waals surface area (Å²) in [5.74, 6) is -0.485. The second-order valence-electron chi connectivity index (χ2n) is 10.4. The molecule has 4 rings (SSSR count). The number of hydrogen-bond acceptors (Lipinski definition) is 4. The van der Waals surface area contributed by atoms with E-state index in [1.165, 1.54) is 7.05 Å². The molecule has 0 bridgehead atoms. The summed E-state index contributed by atoms with van der Waals surface area (Å²) in [6.45, 7) is 5.20. The zero-order chi connectivity index (χ0) is 25.2. The summed E-state index contributed by atoms with van der Waals surface area (Å²) in [6.07, 6.45) is 8.05. The molecule has 7 heteroatoms. The summed E-state index contributed by atoms with van der Waals surface area (Å²) in [7, 11) is 1.48. The molecule has 7 nitrogen and oxygen atoms in total. The number of hydrogen-bond donors (Lipinski definition) is 2. The van der Waals surface area contributed by atoms with Gasteiger partial charge in [-0.2, -0.15) is 0 Å². The minimum Gasteiger partial charge on any atom is -0.385 e. The molecule has 1 aliphatic heterocycles. The Morgan fingerprint density at radius 3 is 2.49 bits per heavy atom. The number of benzene rings is 1. The van der Waals surface area contributed by atoms with E-state index in [4.69, 9.17) is 0 Å². The molecule has 0 radical (unpaired) electrons. The summed E-state index contributed by atoms with van der Waals surface area (Å²) >= 11 is 0. The monoisotopic (exact) mass is 479 g/mol. The Bertz CT molecular complexity index is 1130. The van der Waals surface area contributed by atoms with E-state index in [1.807, 2.05) is 30.3 Å². The van der Waals surface area contributed by atoms with E-state index in [9.17, 15) is 19.5 Å². The number of nitrogens with zero attached hydrogens (tertiary/aromatic N) is 2. The number of carbonyl (C=O) groups excluding carboxylic acids is 2. The summed E-state index contributed by atoms with van der Waals surface area (Å²) in [6, 6.07) is 9.59. The van der Waals surface area contributed by atoms with Crippen molar-refractivity contribution >= 4 is 11.8 Å². The first kappa shape index (κ1) is 25.2. The van der Waals surface area contributed by atoms with Gasteiger partial charge >= 0.3 is 0 Å². The van der Waals surface area contributed by atoms with E-state index in [0.29, 0.717) is 25.4 Å². The topological polar surface area (TPSA) is 91.6 Å². The quantitative estimate of drug-likeness (QED) is 0.663. The van der Waals surface area contributed by atoms with Crippen molar-refractivity contribution in [2.75, 3.05) is 13.6 Å². The van der Waals surface area contributed by atoms with Crippen LogP contribution in [0.3, 0.4) is 0 Å². The van der Waals surface area contributed by atoms with Gasteiger partial charge in [0.15, 0.2) is 0 Å². The fourth-order valence-electron chi connectivity index (χ4n) is 5.79. The Morgan fingerprint density at radius 2 is 1.80 bits per heavy atom. The average molecular weight is 480 g/mol. The molecule has 1 saturated heterocycles. The van der Waals surface area contributed by atoms with Crippen LogP contribution in [0.15, 0.2) is 47.5 Å². The van der Waals surface area contributed by atoms with Crippen LogP contribution in [0.25, 0.3) is 0 Å². The van der Waals surface area contributed by atoms with Crippen molar-refractivity contribution in [1.82, 2.24) is 14.8 Å². The van der Waals surface area contributed by atoms with E-state index in [2.05, 4.69) is 19.2 Å². The number of aliphatic hydroxyl groups is 1. The molecule has 1 aromatic heterocycles. The number of amides is 2. The van der Waals surface area contributed by atoms with Gasteiger partial charge in [0, 0.05) is 44.5 Å². The van der Waals surface area contributed by atoms with E-state index in [0.717, 1.165) is 37.7 Å². The largest absolute Gasteiger partial charge is 0.385 e. The highest BCUT2D eigenvalue weighted by Gasteiger charge is 2.50. The Labute approximate surface area is 207 Å². The molecule has 0 unspecified atom stereocenters. The molecule has 2 heterocycles. The maximum Gasteiger partial charge on any atom is 0.259 e. The molecule has 1 aliphatic carbocycles. The van der Waals surface area contributed by atoms with Gasteiger partial charge in [0.25, 0.3) is 11.8 Å². The molecule has 3 atom stereocenters. The number of carbonyl (C=O) groups is 2. The third kappa shape index (κ3) is 4.92. The third-order valence-corrected chi connectivity index (χ3v) is 7.76. The average Bonchev–Trinajstić information content (AvgIpc) is 2.88. The number of aromatic nitrogens is 1. The maximum absolute atomic E-state index is 13.9. The smallest absolute Gasteiger partial charge is 0.259 e. The van der Waals surface area contributed by atoms with Crippen LogP contribution in [0.1, 0.15) is 78.7 Å². The van der Waals surface area contributed by atoms with Crippen molar-refractivity contribution in [3.63, 3.8) is 0 Å². The fraction of sp³-hybridized carbons (Fsp3) is 0.536. The van der Waals surface area contributed by atoms with Gasteiger partial charge in [-0.25, -0.2) is 0 Å². The minimum absolute atomic E-state index is 0.0138. The predicted molar refractivity (Wildman–Crippen MR) is 135 cm³/mol. The fourth-order valence-corrected chi connectivity index (χ4v) is 5.79. The normalized spacial score (nSPS) is 24.2. The van der Waals surface area contributed by atoms with Gasteiger partial charge in [0.2, 0.25) is 5.43 Å². The van der Waals surface area contributed by atoms with Crippen LogP contribution in [-0.4, -0.2) is 46.0 Å². The lowest BCUT2D eigenvalue weighted by Gasteiger charge is -2.52. The second kappa shape index (κ2) is 10.4. The molecular weight excluding hydrogens is 442 g/mol. The number of nitrogens with one attached hydrogen (secondary N) is 1. The van der Waals surface area contributed by atoms with Crippen LogP contribution in [0.5, 0.6) is 0 Å². The molecular formula is C28H37N3O4. The first-order valence-corrected chi connectivity index (χ1v) is 12.8. The maximum atomic E-state index is 13.9. The summed E-state index contributed by atoms with van der Waals surface area (Å²) in [5.41, 5.74) is -0.623. The van der Waals surface area contributed by atoms with E-state index in [-0.39, 0.29) is 29.0 Å². The van der Waals surface area contributed by atoms with Crippen molar-refractivity contribution in [2.24, 2.45) is 11.8 Å². The van der Waals surface area contributed by atoms with Crippen molar-refractivity contribution in [2.45, 2.75) is 70.6 Å². The lowest BCUT2D eigenvalue weighted by Crippen LogP contribution is -2.59. The molecule has 1 aromatic carbocycles. The molecule has 2 aliphatic rings. The molecule has 188 valence electrons. The third-order valence-electron chi connectivity index (χ3n) is 7.76.